The number of hydrogen-bond donors (Lipinski definition) is 3. The number of nitrogens with zero attached hydrogens (tertiary/aromatic N) is 2. The van der Waals surface area contributed by atoms with Gasteiger partial charge in [0, 0.05) is 65.3 Å². The van der Waals surface area contributed by atoms with Gasteiger partial charge < -0.3 is 14.5 Å². The van der Waals surface area contributed by atoms with Gasteiger partial charge in [0.05, 0.1) is 0 Å². The van der Waals surface area contributed by atoms with Crippen molar-refractivity contribution in [2.24, 2.45) is 12.4 Å². The molecule has 31 heavy (non-hydrogen) atoms. The molecule has 3 N–H and O–H groups in total. The van der Waals surface area contributed by atoms with E-state index in [-0.39, 0.29) is 5.52 Å². The molecule has 164 valence electrons. The van der Waals surface area contributed by atoms with Crippen molar-refractivity contribution in [2.45, 2.75) is 32.1 Å². The number of rotatable bonds is 6. The highest BCUT2D eigenvalue weighted by Gasteiger charge is 2.45. The van der Waals surface area contributed by atoms with E-state index in [9.17, 15) is 9.00 Å². The van der Waals surface area contributed by atoms with Crippen LogP contribution in [0.3, 0.4) is 0 Å². The largest absolute Gasteiger partial charge is 0.370 e. The first-order valence-corrected chi connectivity index (χ1v) is 11.7. The molecular formula is C23H28N4O3S. The van der Waals surface area contributed by atoms with Crippen LogP contribution in [0.1, 0.15) is 35.4 Å². The van der Waals surface area contributed by atoms with E-state index in [0.717, 1.165) is 40.9 Å². The Morgan fingerprint density at radius 3 is 2.94 bits per heavy atom. The first-order valence-electron chi connectivity index (χ1n) is 12.1. The second-order valence-corrected chi connectivity index (χ2v) is 9.54. The summed E-state index contributed by atoms with van der Waals surface area (Å²) in [6.45, 7) is -0.391. The Labute approximate surface area is 188 Å². The van der Waals surface area contributed by atoms with Gasteiger partial charge in [-0.3, -0.25) is 9.35 Å². The molecule has 0 amide bonds. The average molecular weight is 444 g/mol. The van der Waals surface area contributed by atoms with E-state index in [0.29, 0.717) is 29.3 Å². The zero-order valence-electron chi connectivity index (χ0n) is 20.2. The third kappa shape index (κ3) is 3.95. The third-order valence-electron chi connectivity index (χ3n) is 6.68. The highest BCUT2D eigenvalue weighted by Crippen LogP contribution is 2.53. The van der Waals surface area contributed by atoms with Crippen LogP contribution in [0, 0.1) is 5.41 Å². The molecule has 2 aromatic heterocycles. The number of piperidine rings is 1. The predicted octanol–water partition coefficient (Wildman–Crippen LogP) is 3.18. The highest BCUT2D eigenvalue weighted by atomic mass is 32.2. The van der Waals surface area contributed by atoms with Crippen LogP contribution in [0.2, 0.25) is 0 Å². The van der Waals surface area contributed by atoms with Crippen molar-refractivity contribution in [3.63, 3.8) is 0 Å². The van der Waals surface area contributed by atoms with Gasteiger partial charge >= 0.3 is 0 Å². The summed E-state index contributed by atoms with van der Waals surface area (Å²) in [5, 5.41) is 0.677. The van der Waals surface area contributed by atoms with Crippen molar-refractivity contribution in [1.29, 1.82) is 0 Å². The van der Waals surface area contributed by atoms with Crippen LogP contribution < -0.4 is 15.2 Å². The van der Waals surface area contributed by atoms with Crippen LogP contribution in [-0.2, 0) is 24.7 Å². The maximum Gasteiger partial charge on any atom is 0.274 e. The minimum atomic E-state index is -2.61. The minimum Gasteiger partial charge on any atom is -0.370 e. The van der Waals surface area contributed by atoms with Gasteiger partial charge in [-0.05, 0) is 61.3 Å². The fourth-order valence-corrected chi connectivity index (χ4v) is 5.15. The zero-order chi connectivity index (χ0) is 24.1. The predicted molar refractivity (Wildman–Crippen MR) is 125 cm³/mol. The van der Waals surface area contributed by atoms with Crippen molar-refractivity contribution in [1.82, 2.24) is 14.3 Å². The first kappa shape index (κ1) is 17.2. The fourth-order valence-electron chi connectivity index (χ4n) is 4.87. The van der Waals surface area contributed by atoms with E-state index >= 15 is 0 Å². The monoisotopic (exact) mass is 443 g/mol. The second kappa shape index (κ2) is 7.93. The molecule has 1 unspecified atom stereocenters. The Morgan fingerprint density at radius 2 is 2.16 bits per heavy atom. The topological polar surface area (TPSA) is 90.4 Å². The second-order valence-electron chi connectivity index (χ2n) is 8.75. The van der Waals surface area contributed by atoms with Crippen LogP contribution in [0.5, 0.6) is 0 Å². The SMILES string of the molecule is [2H]C([2H])([2H])n1cc(-c2cc(CCNS(=O)O)ccc2N2CCCC3(CC3)C2)c2cc[nH]c2c1=O. The zero-order valence-corrected chi connectivity index (χ0v) is 18.0. The molecule has 8 heteroatoms. The summed E-state index contributed by atoms with van der Waals surface area (Å²) in [6.07, 6.45) is 8.47. The standard InChI is InChI=1S/C23H28N4O3S/c1-26-14-19(17-6-10-24-21(17)22(26)28)18-13-16(5-11-25-31(29)30)3-4-20(18)27-12-2-7-23(15-27)8-9-23/h3-4,6,10,13-14,24-25H,2,5,7-9,11-12,15H2,1H3,(H,29,30)/i1D3. The molecular weight excluding hydrogens is 412 g/mol. The molecule has 7 nitrogen and oxygen atoms in total. The molecule has 2 aliphatic rings. The molecule has 1 saturated carbocycles. The van der Waals surface area contributed by atoms with Crippen molar-refractivity contribution in [2.75, 3.05) is 24.5 Å². The summed E-state index contributed by atoms with van der Waals surface area (Å²) in [7, 11) is 0. The summed E-state index contributed by atoms with van der Waals surface area (Å²) in [5.41, 5.74) is 3.59. The summed E-state index contributed by atoms with van der Waals surface area (Å²) in [4.78, 5) is 18.2. The minimum absolute atomic E-state index is 0.264. The summed E-state index contributed by atoms with van der Waals surface area (Å²) in [5.74, 6) is 0. The van der Waals surface area contributed by atoms with Gasteiger partial charge in [-0.25, -0.2) is 8.93 Å². The van der Waals surface area contributed by atoms with Crippen molar-refractivity contribution in [3.8, 4) is 11.1 Å². The van der Waals surface area contributed by atoms with E-state index in [2.05, 4.69) is 20.7 Å². The molecule has 0 radical (unpaired) electrons. The molecule has 1 aliphatic heterocycles. The number of nitrogens with one attached hydrogen (secondary N) is 2. The number of aromatic nitrogens is 2. The highest BCUT2D eigenvalue weighted by molar-refractivity contribution is 7.77. The number of fused-ring (bicyclic) bond motifs is 1. The molecule has 1 aliphatic carbocycles. The Bertz CT molecular complexity index is 1310. The number of aromatic amines is 1. The van der Waals surface area contributed by atoms with Crippen LogP contribution in [0.15, 0.2) is 41.5 Å². The van der Waals surface area contributed by atoms with Gasteiger partial charge in [-0.1, -0.05) is 6.07 Å². The molecule has 1 atom stereocenters. The van der Waals surface area contributed by atoms with Crippen molar-refractivity contribution in [3.05, 3.63) is 52.6 Å². The van der Waals surface area contributed by atoms with Crippen molar-refractivity contribution < 1.29 is 12.9 Å². The molecule has 1 spiro atoms. The lowest BCUT2D eigenvalue weighted by Gasteiger charge is -2.36. The van der Waals surface area contributed by atoms with Crippen LogP contribution in [-0.4, -0.2) is 37.9 Å². The number of H-pyrrole nitrogens is 1. The van der Waals surface area contributed by atoms with Crippen molar-refractivity contribution >= 4 is 27.9 Å². The Hall–Kier alpha value is -2.42. The van der Waals surface area contributed by atoms with Crippen LogP contribution in [0.25, 0.3) is 22.0 Å². The summed E-state index contributed by atoms with van der Waals surface area (Å²) >= 11 is -2.08. The molecule has 0 bridgehead atoms. The first-order chi connectivity index (χ1) is 16.2. The van der Waals surface area contributed by atoms with Gasteiger partial charge in [0.1, 0.15) is 5.52 Å². The summed E-state index contributed by atoms with van der Waals surface area (Å²) in [6, 6.07) is 7.90. The molecule has 2 fully saturated rings. The van der Waals surface area contributed by atoms with E-state index < -0.39 is 23.8 Å². The Morgan fingerprint density at radius 1 is 1.29 bits per heavy atom. The van der Waals surface area contributed by atoms with Gasteiger partial charge in [-0.15, -0.1) is 0 Å². The maximum absolute atomic E-state index is 12.9. The number of anilines is 1. The fraction of sp³-hybridized carbons (Fsp3) is 0.435. The lowest BCUT2D eigenvalue weighted by atomic mass is 9.92. The van der Waals surface area contributed by atoms with Crippen LogP contribution in [0.4, 0.5) is 5.69 Å². The third-order valence-corrected chi connectivity index (χ3v) is 7.13. The number of pyridine rings is 1. The number of hydrogen-bond acceptors (Lipinski definition) is 3. The van der Waals surface area contributed by atoms with Gasteiger partial charge in [0.2, 0.25) is 11.3 Å². The lowest BCUT2D eigenvalue weighted by Crippen LogP contribution is -2.36. The summed E-state index contributed by atoms with van der Waals surface area (Å²) < 4.78 is 47.0. The van der Waals surface area contributed by atoms with E-state index in [4.69, 9.17) is 8.67 Å². The normalized spacial score (nSPS) is 20.4. The molecule has 1 saturated heterocycles. The number of aryl methyl sites for hydroxylation is 1. The van der Waals surface area contributed by atoms with Gasteiger partial charge in [-0.2, -0.15) is 0 Å². The Balaban J connectivity index is 1.66. The molecule has 1 aromatic carbocycles. The molecule has 3 aromatic rings. The quantitative estimate of drug-likeness (QED) is 0.511. The smallest absolute Gasteiger partial charge is 0.274 e. The van der Waals surface area contributed by atoms with E-state index in [1.54, 1.807) is 12.3 Å². The van der Waals surface area contributed by atoms with Gasteiger partial charge in [0.15, 0.2) is 0 Å². The van der Waals surface area contributed by atoms with E-state index in [1.807, 2.05) is 12.1 Å². The molecule has 5 rings (SSSR count). The lowest BCUT2D eigenvalue weighted by molar-refractivity contribution is 0.395. The van der Waals surface area contributed by atoms with E-state index in [1.165, 1.54) is 25.5 Å². The molecule has 3 heterocycles. The Kier molecular flexibility index (Phi) is 4.39. The van der Waals surface area contributed by atoms with Gasteiger partial charge in [0.25, 0.3) is 5.56 Å². The maximum atomic E-state index is 12.9. The average Bonchev–Trinajstić information content (AvgIpc) is 3.31. The van der Waals surface area contributed by atoms with Crippen LogP contribution >= 0.6 is 0 Å². The number of benzene rings is 1.